The number of sulfonamides is 1. The van der Waals surface area contributed by atoms with Gasteiger partial charge in [0, 0.05) is 12.6 Å². The minimum atomic E-state index is -3.36. The van der Waals surface area contributed by atoms with Crippen LogP contribution >= 0.6 is 11.3 Å². The molecule has 0 bridgehead atoms. The van der Waals surface area contributed by atoms with Crippen molar-refractivity contribution in [1.29, 1.82) is 0 Å². The number of nitrogens with two attached hydrogens (primary N) is 1. The molecule has 0 saturated heterocycles. The average Bonchev–Trinajstić information content (AvgIpc) is 2.77. The Hall–Kier alpha value is -0.430. The number of hydrogen-bond donors (Lipinski definition) is 2. The van der Waals surface area contributed by atoms with Gasteiger partial charge in [0.25, 0.3) is 0 Å². The Morgan fingerprint density at radius 3 is 2.89 bits per heavy atom. The molecule has 4 nitrogen and oxygen atoms in total. The third kappa shape index (κ3) is 3.32. The molecule has 102 valence electrons. The van der Waals surface area contributed by atoms with Gasteiger partial charge < -0.3 is 5.73 Å². The van der Waals surface area contributed by atoms with E-state index in [0.717, 1.165) is 24.8 Å². The molecule has 18 heavy (non-hydrogen) atoms. The SMILES string of the molecule is CC1CCCC(NS(=O)(=O)c2cc(CN)cs2)C1. The van der Waals surface area contributed by atoms with Gasteiger partial charge in [-0.25, -0.2) is 13.1 Å². The summed E-state index contributed by atoms with van der Waals surface area (Å²) in [6.07, 6.45) is 4.19. The molecule has 1 saturated carbocycles. The van der Waals surface area contributed by atoms with Crippen molar-refractivity contribution in [1.82, 2.24) is 4.72 Å². The summed E-state index contributed by atoms with van der Waals surface area (Å²) in [6.45, 7) is 2.56. The highest BCUT2D eigenvalue weighted by molar-refractivity contribution is 7.91. The van der Waals surface area contributed by atoms with Crippen LogP contribution in [0.3, 0.4) is 0 Å². The van der Waals surface area contributed by atoms with Crippen molar-refractivity contribution < 1.29 is 8.42 Å². The molecule has 0 amide bonds. The first kappa shape index (κ1) is 14.0. The lowest BCUT2D eigenvalue weighted by molar-refractivity contribution is 0.327. The number of hydrogen-bond acceptors (Lipinski definition) is 4. The summed E-state index contributed by atoms with van der Waals surface area (Å²) in [5.74, 6) is 0.606. The standard InChI is InChI=1S/C12H20N2O2S2/c1-9-3-2-4-11(5-9)14-18(15,16)12-6-10(7-13)8-17-12/h6,8-9,11,14H,2-5,7,13H2,1H3. The van der Waals surface area contributed by atoms with E-state index in [1.165, 1.54) is 17.8 Å². The van der Waals surface area contributed by atoms with E-state index in [1.54, 1.807) is 11.4 Å². The predicted octanol–water partition coefficient (Wildman–Crippen LogP) is 2.06. The van der Waals surface area contributed by atoms with E-state index in [2.05, 4.69) is 11.6 Å². The van der Waals surface area contributed by atoms with Crippen LogP contribution in [0.2, 0.25) is 0 Å². The molecular weight excluding hydrogens is 268 g/mol. The van der Waals surface area contributed by atoms with Crippen LogP contribution in [0.25, 0.3) is 0 Å². The fraction of sp³-hybridized carbons (Fsp3) is 0.667. The zero-order chi connectivity index (χ0) is 13.2. The minimum absolute atomic E-state index is 0.0853. The largest absolute Gasteiger partial charge is 0.326 e. The molecule has 0 radical (unpaired) electrons. The number of nitrogens with one attached hydrogen (secondary N) is 1. The fourth-order valence-electron chi connectivity index (χ4n) is 2.42. The van der Waals surface area contributed by atoms with Crippen molar-refractivity contribution in [2.75, 3.05) is 0 Å². The van der Waals surface area contributed by atoms with Crippen molar-refractivity contribution in [3.63, 3.8) is 0 Å². The Morgan fingerprint density at radius 1 is 1.50 bits per heavy atom. The van der Waals surface area contributed by atoms with E-state index < -0.39 is 10.0 Å². The lowest BCUT2D eigenvalue weighted by atomic mass is 9.88. The number of thiophene rings is 1. The molecule has 0 aromatic carbocycles. The van der Waals surface area contributed by atoms with Crippen LogP contribution in [-0.2, 0) is 16.6 Å². The van der Waals surface area contributed by atoms with Gasteiger partial charge in [0.2, 0.25) is 10.0 Å². The molecule has 0 spiro atoms. The second-order valence-corrected chi connectivity index (χ2v) is 7.92. The second kappa shape index (κ2) is 5.69. The van der Waals surface area contributed by atoms with Crippen molar-refractivity contribution in [3.8, 4) is 0 Å². The fourth-order valence-corrected chi connectivity index (χ4v) is 4.94. The molecule has 0 aliphatic heterocycles. The first-order valence-corrected chi connectivity index (χ1v) is 8.67. The topological polar surface area (TPSA) is 72.2 Å². The van der Waals surface area contributed by atoms with Crippen LogP contribution in [-0.4, -0.2) is 14.5 Å². The summed E-state index contributed by atoms with van der Waals surface area (Å²) in [6, 6.07) is 1.75. The molecule has 2 rings (SSSR count). The Bertz CT molecular complexity index is 496. The highest BCUT2D eigenvalue weighted by Crippen LogP contribution is 2.26. The van der Waals surface area contributed by atoms with Crippen LogP contribution in [0.4, 0.5) is 0 Å². The highest BCUT2D eigenvalue weighted by Gasteiger charge is 2.25. The van der Waals surface area contributed by atoms with Gasteiger partial charge in [-0.15, -0.1) is 11.3 Å². The van der Waals surface area contributed by atoms with Crippen molar-refractivity contribution in [2.45, 2.75) is 49.4 Å². The van der Waals surface area contributed by atoms with E-state index in [-0.39, 0.29) is 6.04 Å². The van der Waals surface area contributed by atoms with Gasteiger partial charge >= 0.3 is 0 Å². The molecule has 6 heteroatoms. The van der Waals surface area contributed by atoms with Gasteiger partial charge in [0.05, 0.1) is 0 Å². The summed E-state index contributed by atoms with van der Waals surface area (Å²) < 4.78 is 27.6. The molecule has 3 N–H and O–H groups in total. The predicted molar refractivity (Wildman–Crippen MR) is 74.0 cm³/mol. The molecule has 2 unspecified atom stereocenters. The van der Waals surface area contributed by atoms with Gasteiger partial charge in [-0.2, -0.15) is 0 Å². The minimum Gasteiger partial charge on any atom is -0.326 e. The van der Waals surface area contributed by atoms with E-state index in [4.69, 9.17) is 5.73 Å². The molecule has 1 fully saturated rings. The molecule has 1 aliphatic carbocycles. The van der Waals surface area contributed by atoms with Crippen molar-refractivity contribution in [2.24, 2.45) is 11.7 Å². The Morgan fingerprint density at radius 2 is 2.28 bits per heavy atom. The molecule has 1 aromatic rings. The maximum absolute atomic E-state index is 12.2. The van der Waals surface area contributed by atoms with Gasteiger partial charge in [0.15, 0.2) is 0 Å². The first-order valence-electron chi connectivity index (χ1n) is 6.31. The summed E-state index contributed by atoms with van der Waals surface area (Å²) in [5, 5.41) is 1.80. The van der Waals surface area contributed by atoms with Crippen molar-refractivity contribution in [3.05, 3.63) is 17.0 Å². The van der Waals surface area contributed by atoms with Gasteiger partial charge in [0.1, 0.15) is 4.21 Å². The Balaban J connectivity index is 2.06. The zero-order valence-electron chi connectivity index (χ0n) is 10.6. The Labute approximate surface area is 113 Å². The summed E-state index contributed by atoms with van der Waals surface area (Å²) in [5.41, 5.74) is 6.37. The zero-order valence-corrected chi connectivity index (χ0v) is 12.2. The molecule has 2 atom stereocenters. The van der Waals surface area contributed by atoms with Crippen LogP contribution in [0.15, 0.2) is 15.7 Å². The molecular formula is C12H20N2O2S2. The van der Waals surface area contributed by atoms with Gasteiger partial charge in [-0.3, -0.25) is 0 Å². The maximum Gasteiger partial charge on any atom is 0.250 e. The second-order valence-electron chi connectivity index (χ2n) is 5.07. The smallest absolute Gasteiger partial charge is 0.250 e. The molecule has 1 aliphatic rings. The van der Waals surface area contributed by atoms with Gasteiger partial charge in [-0.1, -0.05) is 19.8 Å². The Kier molecular flexibility index (Phi) is 4.42. The van der Waals surface area contributed by atoms with E-state index >= 15 is 0 Å². The normalized spacial score (nSPS) is 25.2. The first-order chi connectivity index (χ1) is 8.51. The quantitative estimate of drug-likeness (QED) is 0.891. The molecule has 1 aromatic heterocycles. The third-order valence-corrected chi connectivity index (χ3v) is 6.40. The van der Waals surface area contributed by atoms with Crippen molar-refractivity contribution >= 4 is 21.4 Å². The number of rotatable bonds is 4. The highest BCUT2D eigenvalue weighted by atomic mass is 32.2. The summed E-state index contributed by atoms with van der Waals surface area (Å²) in [7, 11) is -3.36. The lowest BCUT2D eigenvalue weighted by Crippen LogP contribution is -2.37. The average molecular weight is 288 g/mol. The van der Waals surface area contributed by atoms with E-state index in [1.807, 2.05) is 0 Å². The maximum atomic E-state index is 12.2. The van der Waals surface area contributed by atoms with Crippen LogP contribution in [0.5, 0.6) is 0 Å². The van der Waals surface area contributed by atoms with Gasteiger partial charge in [-0.05, 0) is 35.8 Å². The van der Waals surface area contributed by atoms with E-state index in [0.29, 0.717) is 16.7 Å². The van der Waals surface area contributed by atoms with Crippen LogP contribution in [0, 0.1) is 5.92 Å². The molecule has 1 heterocycles. The summed E-state index contributed by atoms with van der Waals surface area (Å²) >= 11 is 1.24. The van der Waals surface area contributed by atoms with Crippen LogP contribution in [0.1, 0.15) is 38.2 Å². The third-order valence-electron chi connectivity index (χ3n) is 3.39. The summed E-state index contributed by atoms with van der Waals surface area (Å²) in [4.78, 5) is 0. The van der Waals surface area contributed by atoms with E-state index in [9.17, 15) is 8.42 Å². The lowest BCUT2D eigenvalue weighted by Gasteiger charge is -2.26. The monoisotopic (exact) mass is 288 g/mol. The van der Waals surface area contributed by atoms with Crippen LogP contribution < -0.4 is 10.5 Å².